The summed E-state index contributed by atoms with van der Waals surface area (Å²) in [7, 11) is 0. The first-order valence-corrected chi connectivity index (χ1v) is 6.78. The molecule has 0 radical (unpaired) electrons. The second-order valence-electron chi connectivity index (χ2n) is 5.57. The Labute approximate surface area is 121 Å². The number of morpholine rings is 1. The molecule has 1 aromatic rings. The van der Waals surface area contributed by atoms with Crippen LogP contribution >= 0.6 is 0 Å². The predicted octanol–water partition coefficient (Wildman–Crippen LogP) is 3.00. The number of alkyl halides is 3. The zero-order valence-corrected chi connectivity index (χ0v) is 12.0. The number of ether oxygens (including phenoxy) is 1. The normalized spacial score (nSPS) is 17.8. The van der Waals surface area contributed by atoms with Gasteiger partial charge in [0.05, 0.1) is 24.3 Å². The summed E-state index contributed by atoms with van der Waals surface area (Å²) in [5.74, 6) is -0.310. The zero-order valence-electron chi connectivity index (χ0n) is 12.0. The third-order valence-corrected chi connectivity index (χ3v) is 3.81. The second kappa shape index (κ2) is 5.77. The molecule has 1 saturated heterocycles. The fourth-order valence-electron chi connectivity index (χ4n) is 2.46. The quantitative estimate of drug-likeness (QED) is 0.804. The molecule has 0 spiro atoms. The van der Waals surface area contributed by atoms with Crippen molar-refractivity contribution in [2.75, 3.05) is 26.3 Å². The molecule has 0 unspecified atom stereocenters. The summed E-state index contributed by atoms with van der Waals surface area (Å²) < 4.78 is 43.5. The van der Waals surface area contributed by atoms with Gasteiger partial charge < -0.3 is 4.74 Å². The van der Waals surface area contributed by atoms with Crippen LogP contribution in [0, 0.1) is 0 Å². The summed E-state index contributed by atoms with van der Waals surface area (Å²) in [4.78, 5) is 14.5. The number of benzene rings is 1. The molecule has 1 aliphatic rings. The van der Waals surface area contributed by atoms with Crippen LogP contribution in [0.3, 0.4) is 0 Å². The molecule has 3 nitrogen and oxygen atoms in total. The minimum atomic E-state index is -4.45. The summed E-state index contributed by atoms with van der Waals surface area (Å²) in [6.07, 6.45) is -4.45. The average molecular weight is 301 g/mol. The highest BCUT2D eigenvalue weighted by atomic mass is 19.4. The van der Waals surface area contributed by atoms with Crippen molar-refractivity contribution in [3.63, 3.8) is 0 Å². The summed E-state index contributed by atoms with van der Waals surface area (Å²) in [5.41, 5.74) is -1.57. The number of hydrogen-bond acceptors (Lipinski definition) is 3. The third-order valence-electron chi connectivity index (χ3n) is 3.81. The molecular weight excluding hydrogens is 283 g/mol. The topological polar surface area (TPSA) is 29.5 Å². The second-order valence-corrected chi connectivity index (χ2v) is 5.57. The maximum absolute atomic E-state index is 12.7. The lowest BCUT2D eigenvalue weighted by Gasteiger charge is -2.39. The minimum absolute atomic E-state index is 0.0846. The van der Waals surface area contributed by atoms with E-state index in [-0.39, 0.29) is 11.3 Å². The van der Waals surface area contributed by atoms with E-state index in [1.54, 1.807) is 13.8 Å². The van der Waals surface area contributed by atoms with Crippen LogP contribution in [-0.4, -0.2) is 42.5 Å². The van der Waals surface area contributed by atoms with Crippen molar-refractivity contribution in [2.45, 2.75) is 25.6 Å². The van der Waals surface area contributed by atoms with Crippen LogP contribution in [-0.2, 0) is 10.9 Å². The van der Waals surface area contributed by atoms with E-state index < -0.39 is 17.3 Å². The fourth-order valence-corrected chi connectivity index (χ4v) is 2.46. The van der Waals surface area contributed by atoms with Crippen LogP contribution in [0.1, 0.15) is 29.8 Å². The van der Waals surface area contributed by atoms with Crippen LogP contribution in [0.2, 0.25) is 0 Å². The molecule has 0 N–H and O–H groups in total. The first-order valence-electron chi connectivity index (χ1n) is 6.78. The van der Waals surface area contributed by atoms with Gasteiger partial charge in [0.1, 0.15) is 0 Å². The number of rotatable bonds is 3. The van der Waals surface area contributed by atoms with E-state index in [0.29, 0.717) is 26.3 Å². The van der Waals surface area contributed by atoms with Crippen molar-refractivity contribution >= 4 is 5.78 Å². The molecular formula is C15H18F3NO2. The van der Waals surface area contributed by atoms with Crippen LogP contribution in [0.4, 0.5) is 13.2 Å². The first-order chi connectivity index (χ1) is 9.73. The van der Waals surface area contributed by atoms with Crippen molar-refractivity contribution in [3.05, 3.63) is 35.4 Å². The Kier molecular flexibility index (Phi) is 4.39. The molecule has 0 aliphatic carbocycles. The molecule has 116 valence electrons. The molecule has 0 bridgehead atoms. The molecule has 0 saturated carbocycles. The molecule has 2 rings (SSSR count). The number of nitrogens with zero attached hydrogens (tertiary/aromatic N) is 1. The van der Waals surface area contributed by atoms with Crippen LogP contribution in [0.25, 0.3) is 0 Å². The van der Waals surface area contributed by atoms with Gasteiger partial charge in [0, 0.05) is 18.7 Å². The number of ketones is 1. The van der Waals surface area contributed by atoms with Gasteiger partial charge in [0.25, 0.3) is 0 Å². The standard InChI is InChI=1S/C15H18F3NO2/c1-14(2,19-6-8-21-9-7-19)13(20)11-4-3-5-12(10-11)15(16,17)18/h3-5,10H,6-9H2,1-2H3. The Morgan fingerprint density at radius 1 is 1.19 bits per heavy atom. The molecule has 1 aromatic carbocycles. The van der Waals surface area contributed by atoms with Gasteiger partial charge in [-0.2, -0.15) is 13.2 Å². The van der Waals surface area contributed by atoms with Crippen molar-refractivity contribution in [1.29, 1.82) is 0 Å². The Morgan fingerprint density at radius 3 is 2.38 bits per heavy atom. The van der Waals surface area contributed by atoms with Crippen molar-refractivity contribution in [3.8, 4) is 0 Å². The number of Topliss-reactive ketones (excluding diaryl/α,β-unsaturated/α-hetero) is 1. The fraction of sp³-hybridized carbons (Fsp3) is 0.533. The summed E-state index contributed by atoms with van der Waals surface area (Å²) in [6.45, 7) is 5.72. The van der Waals surface area contributed by atoms with E-state index >= 15 is 0 Å². The van der Waals surface area contributed by atoms with Gasteiger partial charge in [0.2, 0.25) is 0 Å². The summed E-state index contributed by atoms with van der Waals surface area (Å²) >= 11 is 0. The maximum Gasteiger partial charge on any atom is 0.416 e. The highest BCUT2D eigenvalue weighted by Crippen LogP contribution is 2.31. The van der Waals surface area contributed by atoms with Crippen molar-refractivity contribution in [2.24, 2.45) is 0 Å². The molecule has 0 atom stereocenters. The largest absolute Gasteiger partial charge is 0.416 e. The van der Waals surface area contributed by atoms with Gasteiger partial charge in [0.15, 0.2) is 5.78 Å². The highest BCUT2D eigenvalue weighted by molar-refractivity contribution is 6.02. The Morgan fingerprint density at radius 2 is 1.81 bits per heavy atom. The summed E-state index contributed by atoms with van der Waals surface area (Å²) in [5, 5.41) is 0. The van der Waals surface area contributed by atoms with Gasteiger partial charge in [-0.25, -0.2) is 0 Å². The predicted molar refractivity (Wildman–Crippen MR) is 72.2 cm³/mol. The minimum Gasteiger partial charge on any atom is -0.379 e. The van der Waals surface area contributed by atoms with Gasteiger partial charge >= 0.3 is 6.18 Å². The van der Waals surface area contributed by atoms with Gasteiger partial charge in [-0.05, 0) is 26.0 Å². The Balaban J connectivity index is 2.26. The van der Waals surface area contributed by atoms with E-state index in [0.717, 1.165) is 12.1 Å². The molecule has 1 heterocycles. The molecule has 1 aliphatic heterocycles. The van der Waals surface area contributed by atoms with Crippen LogP contribution < -0.4 is 0 Å². The lowest BCUT2D eigenvalue weighted by atomic mass is 9.90. The monoisotopic (exact) mass is 301 g/mol. The maximum atomic E-state index is 12.7. The lowest BCUT2D eigenvalue weighted by Crippen LogP contribution is -2.54. The zero-order chi connectivity index (χ0) is 15.7. The third kappa shape index (κ3) is 3.44. The lowest BCUT2D eigenvalue weighted by molar-refractivity contribution is -0.137. The van der Waals surface area contributed by atoms with Gasteiger partial charge in [-0.1, -0.05) is 12.1 Å². The average Bonchev–Trinajstić information content (AvgIpc) is 2.46. The molecule has 6 heteroatoms. The van der Waals surface area contributed by atoms with E-state index in [9.17, 15) is 18.0 Å². The van der Waals surface area contributed by atoms with E-state index in [1.807, 2.05) is 4.90 Å². The van der Waals surface area contributed by atoms with Gasteiger partial charge in [-0.15, -0.1) is 0 Å². The van der Waals surface area contributed by atoms with Crippen LogP contribution in [0.15, 0.2) is 24.3 Å². The smallest absolute Gasteiger partial charge is 0.379 e. The Bertz CT molecular complexity index is 520. The van der Waals surface area contributed by atoms with Crippen molar-refractivity contribution in [1.82, 2.24) is 4.90 Å². The van der Waals surface area contributed by atoms with Crippen LogP contribution in [0.5, 0.6) is 0 Å². The van der Waals surface area contributed by atoms with Crippen molar-refractivity contribution < 1.29 is 22.7 Å². The summed E-state index contributed by atoms with van der Waals surface area (Å²) in [6, 6.07) is 4.59. The molecule has 21 heavy (non-hydrogen) atoms. The molecule has 1 fully saturated rings. The molecule has 0 aromatic heterocycles. The number of hydrogen-bond donors (Lipinski definition) is 0. The first kappa shape index (κ1) is 16.0. The SMILES string of the molecule is CC(C)(C(=O)c1cccc(C(F)(F)F)c1)N1CCOCC1. The number of halogens is 3. The molecule has 0 amide bonds. The van der Waals surface area contributed by atoms with E-state index in [1.165, 1.54) is 12.1 Å². The highest BCUT2D eigenvalue weighted by Gasteiger charge is 2.37. The van der Waals surface area contributed by atoms with E-state index in [2.05, 4.69) is 0 Å². The van der Waals surface area contributed by atoms with E-state index in [4.69, 9.17) is 4.74 Å². The number of carbonyl (C=O) groups excluding carboxylic acids is 1. The Hall–Kier alpha value is -1.40. The van der Waals surface area contributed by atoms with Gasteiger partial charge in [-0.3, -0.25) is 9.69 Å². The number of carbonyl (C=O) groups is 1.